The highest BCUT2D eigenvalue weighted by Gasteiger charge is 2.72. The molecule has 5 saturated heterocycles. The maximum atomic E-state index is 13.5. The molecule has 29 heteroatoms. The van der Waals surface area contributed by atoms with Crippen LogP contribution in [0.2, 0.25) is 0 Å². The summed E-state index contributed by atoms with van der Waals surface area (Å²) in [5.74, 6) is -2.69. The summed E-state index contributed by atoms with van der Waals surface area (Å²) in [5, 5.41) is 180. The van der Waals surface area contributed by atoms with Crippen molar-refractivity contribution in [2.24, 2.45) is 50.2 Å². The minimum Gasteiger partial charge on any atom is -0.479 e. The molecule has 10 aliphatic rings. The van der Waals surface area contributed by atoms with Crippen LogP contribution in [0.5, 0.6) is 0 Å². The van der Waals surface area contributed by atoms with Crippen molar-refractivity contribution in [1.29, 1.82) is 0 Å². The van der Waals surface area contributed by atoms with Gasteiger partial charge in [0.15, 0.2) is 37.6 Å². The second-order valence-corrected chi connectivity index (χ2v) is 30.7. The molecule has 0 aromatic heterocycles. The standard InChI is InChI=1S/C65H104O29/c1-12-25(2)54(83)88-36-21-60(5,6)19-29-28-13-14-33-62(9)17-16-35(61(7,8)32(62)15-18-63(33,10)64(28,11)20-34(69)65(29,36)24-68)89-59-52(94-56-46(79)42(75)39(72)30(22-66)86-56)48(47(80)49(91-59)53(81)82)90-58-51(44(77)40(73)31(23-67)87-58)93-57-50(43(76)38(71)27(4)85-57)92-55-45(78)41(74)37(70)26(3)84-55/h12-13,26-27,29-52,55-59,66-80H,14-24H2,1-11H3,(H,81,82)/b25-12-/t26-,27-,29-,30+,31+,32?,33+,34+,35-,36-,37-,38-,39-,40-,41+,42-,43+,44-,45+,46+,47-,48-,49-,50+,51+,52+,55-,56-,57-,58-,59+,62-,63+,64+,65-/m0/s1. The Morgan fingerprint density at radius 3 is 1.66 bits per heavy atom. The summed E-state index contributed by atoms with van der Waals surface area (Å²) in [6.07, 6.45) is -42.1. The molecule has 94 heavy (non-hydrogen) atoms. The van der Waals surface area contributed by atoms with E-state index in [1.54, 1.807) is 19.9 Å². The molecule has 10 rings (SSSR count). The number of hydrogen-bond donors (Lipinski definition) is 16. The Labute approximate surface area is 546 Å². The van der Waals surface area contributed by atoms with Crippen LogP contribution < -0.4 is 0 Å². The van der Waals surface area contributed by atoms with Gasteiger partial charge in [0.05, 0.1) is 49.7 Å². The lowest BCUT2D eigenvalue weighted by atomic mass is 9.33. The fraction of sp³-hybridized carbons (Fsp3) is 0.908. The predicted molar refractivity (Wildman–Crippen MR) is 319 cm³/mol. The van der Waals surface area contributed by atoms with Gasteiger partial charge in [-0.1, -0.05) is 66.2 Å². The Balaban J connectivity index is 0.976. The van der Waals surface area contributed by atoms with E-state index in [1.807, 2.05) is 13.8 Å². The third-order valence-electron chi connectivity index (χ3n) is 24.6. The minimum atomic E-state index is -2.34. The fourth-order valence-corrected chi connectivity index (χ4v) is 18.7. The summed E-state index contributed by atoms with van der Waals surface area (Å²) < 4.78 is 68.1. The second kappa shape index (κ2) is 27.4. The monoisotopic (exact) mass is 1350 g/mol. The lowest BCUT2D eigenvalue weighted by Crippen LogP contribution is -2.70. The Bertz CT molecular complexity index is 2730. The Morgan fingerprint density at radius 1 is 0.553 bits per heavy atom. The first kappa shape index (κ1) is 74.1. The van der Waals surface area contributed by atoms with E-state index in [2.05, 4.69) is 40.7 Å². The van der Waals surface area contributed by atoms with Crippen LogP contribution in [0.15, 0.2) is 23.3 Å². The van der Waals surface area contributed by atoms with Crippen molar-refractivity contribution in [2.75, 3.05) is 19.8 Å². The van der Waals surface area contributed by atoms with E-state index >= 15 is 0 Å². The van der Waals surface area contributed by atoms with E-state index in [1.165, 1.54) is 13.8 Å². The molecule has 16 N–H and O–H groups in total. The van der Waals surface area contributed by atoms with E-state index in [0.29, 0.717) is 56.9 Å². The Hall–Kier alpha value is -2.58. The first-order valence-corrected chi connectivity index (χ1v) is 33.2. The maximum Gasteiger partial charge on any atom is 0.335 e. The van der Waals surface area contributed by atoms with Gasteiger partial charge in [0.1, 0.15) is 110 Å². The lowest BCUT2D eigenvalue weighted by Gasteiger charge is -2.72. The Morgan fingerprint density at radius 2 is 1.06 bits per heavy atom. The molecule has 0 amide bonds. The SMILES string of the molecule is C/C=C(/C)C(=O)O[C@H]1CC(C)(C)C[C@H]2C3=CC[C@@H]4[C@@]5(C)CC[C@H](O[C@@H]6O[C@H](C(=O)O)[C@@H](O)[C@H](O[C@@H]7O[C@H](CO)[C@H](O)[C@H](O)[C@H]7O[C@@H]7O[C@@H](C)[C@H](O)[C@@H](O)[C@H]7O[C@@H]7O[C@@H](C)[C@H](O)[C@@H](O)[C@H]7O)[C@H]6O[C@@H]6O[C@H](CO)[C@H](O)[C@H](O)[C@H]6O)C(C)(C)C5CC[C@@]4(C)[C@]3(C)C[C@@H](O)[C@@]12CO. The first-order chi connectivity index (χ1) is 43.9. The Kier molecular flexibility index (Phi) is 21.6. The number of carbonyl (C=O) groups excluding carboxylic acids is 1. The summed E-state index contributed by atoms with van der Waals surface area (Å²) >= 11 is 0. The summed E-state index contributed by atoms with van der Waals surface area (Å²) in [4.78, 5) is 26.9. The van der Waals surface area contributed by atoms with Crippen LogP contribution in [0.1, 0.15) is 128 Å². The van der Waals surface area contributed by atoms with Gasteiger partial charge in [-0.25, -0.2) is 9.59 Å². The third kappa shape index (κ3) is 12.4. The molecule has 35 atom stereocenters. The molecule has 4 saturated carbocycles. The summed E-state index contributed by atoms with van der Waals surface area (Å²) in [6, 6.07) is 0. The zero-order chi connectivity index (χ0) is 69.2. The number of carboxylic acids is 1. The van der Waals surface area contributed by atoms with Crippen molar-refractivity contribution in [3.8, 4) is 0 Å². The first-order valence-electron chi connectivity index (χ1n) is 33.2. The normalized spacial score (nSPS) is 52.6. The number of rotatable bonds is 16. The number of carbonyl (C=O) groups is 2. The largest absolute Gasteiger partial charge is 0.479 e. The quantitative estimate of drug-likeness (QED) is 0.0340. The maximum absolute atomic E-state index is 13.5. The number of aliphatic hydroxyl groups excluding tert-OH is 15. The number of aliphatic carboxylic acids is 1. The van der Waals surface area contributed by atoms with Gasteiger partial charge in [-0.05, 0) is 124 Å². The highest BCUT2D eigenvalue weighted by Crippen LogP contribution is 2.76. The number of hydrogen-bond acceptors (Lipinski definition) is 28. The summed E-state index contributed by atoms with van der Waals surface area (Å²) in [7, 11) is 0. The molecule has 9 fully saturated rings. The molecular formula is C65H104O29. The van der Waals surface area contributed by atoms with Crippen LogP contribution in [0, 0.1) is 50.2 Å². The predicted octanol–water partition coefficient (Wildman–Crippen LogP) is -2.13. The number of esters is 1. The topological polar surface area (TPSA) is 459 Å². The molecule has 0 radical (unpaired) electrons. The molecule has 0 bridgehead atoms. The second-order valence-electron chi connectivity index (χ2n) is 30.7. The third-order valence-corrected chi connectivity index (χ3v) is 24.6. The highest BCUT2D eigenvalue weighted by atomic mass is 16.8. The molecule has 0 aromatic carbocycles. The number of aliphatic hydroxyl groups is 15. The fourth-order valence-electron chi connectivity index (χ4n) is 18.7. The van der Waals surface area contributed by atoms with Crippen molar-refractivity contribution >= 4 is 11.9 Å². The van der Waals surface area contributed by atoms with Crippen LogP contribution in [-0.2, 0) is 61.7 Å². The van der Waals surface area contributed by atoms with Crippen molar-refractivity contribution < 1.29 is 143 Å². The van der Waals surface area contributed by atoms with Crippen LogP contribution >= 0.6 is 0 Å². The van der Waals surface area contributed by atoms with Crippen LogP contribution in [-0.4, -0.2) is 285 Å². The molecule has 5 aliphatic carbocycles. The van der Waals surface area contributed by atoms with Gasteiger partial charge in [0, 0.05) is 5.57 Å². The molecule has 0 spiro atoms. The van der Waals surface area contributed by atoms with E-state index in [4.69, 9.17) is 52.1 Å². The molecule has 5 heterocycles. The summed E-state index contributed by atoms with van der Waals surface area (Å²) in [6.45, 7) is 18.9. The number of carboxylic acid groups (broad SMARTS) is 1. The van der Waals surface area contributed by atoms with Gasteiger partial charge >= 0.3 is 11.9 Å². The molecule has 29 nitrogen and oxygen atoms in total. The van der Waals surface area contributed by atoms with Gasteiger partial charge in [-0.3, -0.25) is 0 Å². The van der Waals surface area contributed by atoms with Crippen molar-refractivity contribution in [1.82, 2.24) is 0 Å². The lowest BCUT2D eigenvalue weighted by molar-refractivity contribution is -0.412. The zero-order valence-electron chi connectivity index (χ0n) is 55.3. The number of ether oxygens (including phenoxy) is 11. The average Bonchev–Trinajstić information content (AvgIpc) is 0.671. The number of allylic oxidation sites excluding steroid dienone is 3. The minimum absolute atomic E-state index is 0.0131. The molecule has 5 aliphatic heterocycles. The highest BCUT2D eigenvalue weighted by molar-refractivity contribution is 5.87. The smallest absolute Gasteiger partial charge is 0.335 e. The van der Waals surface area contributed by atoms with E-state index in [0.717, 1.165) is 5.57 Å². The molecular weight excluding hydrogens is 1240 g/mol. The van der Waals surface area contributed by atoms with Gasteiger partial charge in [0.25, 0.3) is 0 Å². The molecule has 0 aromatic rings. The average molecular weight is 1350 g/mol. The van der Waals surface area contributed by atoms with E-state index in [-0.39, 0.29) is 23.2 Å². The number of fused-ring (bicyclic) bond motifs is 7. The van der Waals surface area contributed by atoms with Gasteiger partial charge in [0.2, 0.25) is 0 Å². The van der Waals surface area contributed by atoms with Crippen molar-refractivity contribution in [3.05, 3.63) is 23.3 Å². The van der Waals surface area contributed by atoms with E-state index in [9.17, 15) is 91.3 Å². The van der Waals surface area contributed by atoms with Crippen LogP contribution in [0.4, 0.5) is 0 Å². The molecule has 1 unspecified atom stereocenters. The van der Waals surface area contributed by atoms with Crippen LogP contribution in [0.3, 0.4) is 0 Å². The van der Waals surface area contributed by atoms with E-state index < -0.39 is 231 Å². The molecule has 538 valence electrons. The van der Waals surface area contributed by atoms with Gasteiger partial charge in [-0.15, -0.1) is 0 Å². The van der Waals surface area contributed by atoms with Crippen molar-refractivity contribution in [2.45, 2.75) is 299 Å². The summed E-state index contributed by atoms with van der Waals surface area (Å²) in [5.41, 5.74) is -2.17. The zero-order valence-corrected chi connectivity index (χ0v) is 55.3. The van der Waals surface area contributed by atoms with Crippen LogP contribution in [0.25, 0.3) is 0 Å². The van der Waals surface area contributed by atoms with Gasteiger partial charge in [-0.2, -0.15) is 0 Å². The van der Waals surface area contributed by atoms with Gasteiger partial charge < -0.3 is 134 Å². The van der Waals surface area contributed by atoms with Crippen molar-refractivity contribution in [3.63, 3.8) is 0 Å².